The number of rotatable bonds is 3. The minimum absolute atomic E-state index is 0.342. The first-order chi connectivity index (χ1) is 14.6. The van der Waals surface area contributed by atoms with Crippen LogP contribution in [0.1, 0.15) is 15.9 Å². The minimum Gasteiger partial charge on any atom is -0.456 e. The van der Waals surface area contributed by atoms with Gasteiger partial charge in [-0.05, 0) is 48.9 Å². The van der Waals surface area contributed by atoms with Gasteiger partial charge in [-0.25, -0.2) is 9.59 Å². The highest BCUT2D eigenvalue weighted by Gasteiger charge is 2.17. The highest BCUT2D eigenvalue weighted by molar-refractivity contribution is 5.97. The van der Waals surface area contributed by atoms with Crippen molar-refractivity contribution in [2.24, 2.45) is 0 Å². The van der Waals surface area contributed by atoms with E-state index in [2.05, 4.69) is 4.98 Å². The number of aromatic nitrogens is 1. The lowest BCUT2D eigenvalue weighted by molar-refractivity contribution is 0.0733. The van der Waals surface area contributed by atoms with Crippen molar-refractivity contribution in [2.45, 2.75) is 6.92 Å². The Morgan fingerprint density at radius 3 is 2.63 bits per heavy atom. The normalized spacial score (nSPS) is 11.1. The van der Waals surface area contributed by atoms with Crippen molar-refractivity contribution in [1.29, 1.82) is 0 Å². The van der Waals surface area contributed by atoms with E-state index >= 15 is 0 Å². The molecule has 6 nitrogen and oxygen atoms in total. The Labute approximate surface area is 170 Å². The average molecular weight is 397 g/mol. The number of nitrogens with zero attached hydrogens (tertiary/aromatic N) is 1. The molecular weight excluding hydrogens is 382 g/mol. The Hall–Kier alpha value is -4.19. The molecule has 0 atom stereocenters. The van der Waals surface area contributed by atoms with Crippen LogP contribution in [0, 0.1) is 6.92 Å². The fourth-order valence-electron chi connectivity index (χ4n) is 3.36. The van der Waals surface area contributed by atoms with Crippen molar-refractivity contribution in [2.75, 3.05) is 0 Å². The zero-order chi connectivity index (χ0) is 20.7. The molecule has 0 amide bonds. The molecule has 0 saturated heterocycles. The molecule has 2 aromatic carbocycles. The number of pyridine rings is 1. The molecule has 0 spiro atoms. The van der Waals surface area contributed by atoms with Gasteiger partial charge in [0, 0.05) is 34.8 Å². The Bertz CT molecular complexity index is 1430. The maximum absolute atomic E-state index is 12.5. The molecule has 0 N–H and O–H groups in total. The molecule has 0 aliphatic rings. The van der Waals surface area contributed by atoms with Crippen molar-refractivity contribution in [3.05, 3.63) is 94.6 Å². The van der Waals surface area contributed by atoms with Gasteiger partial charge in [-0.2, -0.15) is 0 Å². The number of hydrogen-bond donors (Lipinski definition) is 0. The Balaban J connectivity index is 1.65. The number of furan rings is 1. The molecule has 146 valence electrons. The third kappa shape index (κ3) is 3.14. The molecule has 5 aromatic rings. The summed E-state index contributed by atoms with van der Waals surface area (Å²) in [6.07, 6.45) is 3.03. The minimum atomic E-state index is -0.520. The highest BCUT2D eigenvalue weighted by atomic mass is 16.5. The summed E-state index contributed by atoms with van der Waals surface area (Å²) >= 11 is 0. The van der Waals surface area contributed by atoms with Gasteiger partial charge in [0.05, 0.1) is 5.56 Å². The van der Waals surface area contributed by atoms with E-state index in [0.29, 0.717) is 44.8 Å². The Morgan fingerprint density at radius 2 is 1.83 bits per heavy atom. The zero-order valence-corrected chi connectivity index (χ0v) is 15.9. The number of benzene rings is 2. The molecule has 0 aliphatic heterocycles. The second-order valence-electron chi connectivity index (χ2n) is 6.87. The number of carbonyl (C=O) groups excluding carboxylic acids is 1. The molecule has 0 aliphatic carbocycles. The van der Waals surface area contributed by atoms with E-state index < -0.39 is 11.6 Å². The average Bonchev–Trinajstić information content (AvgIpc) is 3.18. The van der Waals surface area contributed by atoms with E-state index in [9.17, 15) is 9.59 Å². The summed E-state index contributed by atoms with van der Waals surface area (Å²) in [5.41, 5.74) is 2.17. The molecule has 0 saturated carbocycles. The number of para-hydroxylation sites is 1. The molecule has 30 heavy (non-hydrogen) atoms. The molecular formula is C24H15NO5. The van der Waals surface area contributed by atoms with Gasteiger partial charge in [0.1, 0.15) is 22.7 Å². The van der Waals surface area contributed by atoms with Gasteiger partial charge in [-0.15, -0.1) is 0 Å². The van der Waals surface area contributed by atoms with Crippen LogP contribution in [0.3, 0.4) is 0 Å². The Morgan fingerprint density at radius 1 is 0.967 bits per heavy atom. The van der Waals surface area contributed by atoms with Gasteiger partial charge in [0.15, 0.2) is 0 Å². The van der Waals surface area contributed by atoms with Crippen LogP contribution in [0.15, 0.2) is 86.7 Å². The molecule has 0 bridgehead atoms. The van der Waals surface area contributed by atoms with Crippen molar-refractivity contribution < 1.29 is 18.4 Å². The van der Waals surface area contributed by atoms with E-state index in [4.69, 9.17) is 13.6 Å². The van der Waals surface area contributed by atoms with Crippen molar-refractivity contribution >= 4 is 27.9 Å². The van der Waals surface area contributed by atoms with E-state index in [1.807, 2.05) is 30.3 Å². The summed E-state index contributed by atoms with van der Waals surface area (Å²) in [4.78, 5) is 28.6. The number of hydrogen-bond acceptors (Lipinski definition) is 6. The second-order valence-corrected chi connectivity index (χ2v) is 6.87. The monoisotopic (exact) mass is 397 g/mol. The van der Waals surface area contributed by atoms with Crippen molar-refractivity contribution in [3.8, 4) is 17.1 Å². The predicted octanol–water partition coefficient (Wildman–Crippen LogP) is 5.13. The highest BCUT2D eigenvalue weighted by Crippen LogP contribution is 2.35. The van der Waals surface area contributed by atoms with Crippen LogP contribution in [-0.4, -0.2) is 11.0 Å². The van der Waals surface area contributed by atoms with Gasteiger partial charge in [-0.3, -0.25) is 4.98 Å². The first kappa shape index (κ1) is 17.9. The van der Waals surface area contributed by atoms with Gasteiger partial charge >= 0.3 is 11.6 Å². The summed E-state index contributed by atoms with van der Waals surface area (Å²) < 4.78 is 16.9. The van der Waals surface area contributed by atoms with Crippen LogP contribution in [0.25, 0.3) is 33.3 Å². The molecule has 3 heterocycles. The number of fused-ring (bicyclic) bond motifs is 2. The third-order valence-electron chi connectivity index (χ3n) is 4.83. The lowest BCUT2D eigenvalue weighted by Crippen LogP contribution is -2.09. The SMILES string of the molecule is Cc1cc2oc(=O)cc(-c3cc4ccccc4o3)c2cc1OC(=O)c1cccnc1. The smallest absolute Gasteiger partial charge is 0.345 e. The quantitative estimate of drug-likeness (QED) is 0.238. The number of esters is 1. The van der Waals surface area contributed by atoms with Crippen LogP contribution >= 0.6 is 0 Å². The molecule has 6 heteroatoms. The molecule has 0 unspecified atom stereocenters. The second kappa shape index (κ2) is 7.00. The molecule has 0 fully saturated rings. The maximum atomic E-state index is 12.5. The fraction of sp³-hybridized carbons (Fsp3) is 0.0417. The zero-order valence-electron chi connectivity index (χ0n) is 15.9. The molecule has 0 radical (unpaired) electrons. The summed E-state index contributed by atoms with van der Waals surface area (Å²) in [5.74, 6) is 0.373. The summed E-state index contributed by atoms with van der Waals surface area (Å²) in [6, 6.07) is 17.5. The first-order valence-electron chi connectivity index (χ1n) is 9.28. The van der Waals surface area contributed by atoms with Crippen LogP contribution in [-0.2, 0) is 0 Å². The molecule has 3 aromatic heterocycles. The van der Waals surface area contributed by atoms with Crippen LogP contribution < -0.4 is 10.4 Å². The number of ether oxygens (including phenoxy) is 1. The summed E-state index contributed by atoms with van der Waals surface area (Å²) in [7, 11) is 0. The standard InChI is InChI=1S/C24H15NO5/c1-14-9-21-17(11-20(14)30-24(27)16-6-4-8-25-13-16)18(12-23(26)29-21)22-10-15-5-2-3-7-19(15)28-22/h2-13H,1H3. The van der Waals surface area contributed by atoms with E-state index in [1.54, 1.807) is 37.4 Å². The molecule has 5 rings (SSSR count). The van der Waals surface area contributed by atoms with Crippen LogP contribution in [0.2, 0.25) is 0 Å². The summed E-state index contributed by atoms with van der Waals surface area (Å²) in [6.45, 7) is 1.78. The lowest BCUT2D eigenvalue weighted by Gasteiger charge is -2.10. The van der Waals surface area contributed by atoms with E-state index in [1.165, 1.54) is 12.3 Å². The van der Waals surface area contributed by atoms with Crippen molar-refractivity contribution in [3.63, 3.8) is 0 Å². The van der Waals surface area contributed by atoms with E-state index in [-0.39, 0.29) is 0 Å². The van der Waals surface area contributed by atoms with Crippen molar-refractivity contribution in [1.82, 2.24) is 4.98 Å². The Kier molecular flexibility index (Phi) is 4.17. The fourth-order valence-corrected chi connectivity index (χ4v) is 3.36. The van der Waals surface area contributed by atoms with Gasteiger partial charge in [0.25, 0.3) is 0 Å². The third-order valence-corrected chi connectivity index (χ3v) is 4.83. The summed E-state index contributed by atoms with van der Waals surface area (Å²) in [5, 5.41) is 1.53. The largest absolute Gasteiger partial charge is 0.456 e. The first-order valence-corrected chi connectivity index (χ1v) is 9.28. The van der Waals surface area contributed by atoms with E-state index in [0.717, 1.165) is 5.39 Å². The predicted molar refractivity (Wildman–Crippen MR) is 112 cm³/mol. The number of aryl methyl sites for hydroxylation is 1. The lowest BCUT2D eigenvalue weighted by atomic mass is 10.0. The number of carbonyl (C=O) groups is 1. The van der Waals surface area contributed by atoms with Gasteiger partial charge in [-0.1, -0.05) is 18.2 Å². The van der Waals surface area contributed by atoms with Crippen LogP contribution in [0.5, 0.6) is 5.75 Å². The van der Waals surface area contributed by atoms with Gasteiger partial charge < -0.3 is 13.6 Å². The maximum Gasteiger partial charge on any atom is 0.345 e. The van der Waals surface area contributed by atoms with Gasteiger partial charge in [0.2, 0.25) is 0 Å². The topological polar surface area (TPSA) is 82.5 Å². The van der Waals surface area contributed by atoms with Crippen LogP contribution in [0.4, 0.5) is 0 Å².